The SMILES string of the molecule is CCCC(=O)Nc1ccnc(C(F)(F)F)c1. The predicted molar refractivity (Wildman–Crippen MR) is 52.8 cm³/mol. The number of pyridine rings is 1. The number of hydrogen-bond acceptors (Lipinski definition) is 2. The Morgan fingerprint density at radius 3 is 2.75 bits per heavy atom. The minimum atomic E-state index is -4.49. The molecule has 3 nitrogen and oxygen atoms in total. The first-order valence-electron chi connectivity index (χ1n) is 4.76. The molecule has 0 atom stereocenters. The van der Waals surface area contributed by atoms with E-state index in [1.54, 1.807) is 0 Å². The Morgan fingerprint density at radius 1 is 1.50 bits per heavy atom. The number of carbonyl (C=O) groups excluding carboxylic acids is 1. The summed E-state index contributed by atoms with van der Waals surface area (Å²) < 4.78 is 36.8. The van der Waals surface area contributed by atoms with Crippen LogP contribution < -0.4 is 5.32 Å². The van der Waals surface area contributed by atoms with Crippen molar-refractivity contribution in [2.45, 2.75) is 25.9 Å². The minimum absolute atomic E-state index is 0.112. The molecule has 1 heterocycles. The molecule has 0 saturated heterocycles. The molecule has 16 heavy (non-hydrogen) atoms. The van der Waals surface area contributed by atoms with Crippen molar-refractivity contribution >= 4 is 11.6 Å². The van der Waals surface area contributed by atoms with E-state index in [-0.39, 0.29) is 18.0 Å². The Labute approximate surface area is 90.7 Å². The van der Waals surface area contributed by atoms with Crippen molar-refractivity contribution in [1.82, 2.24) is 4.98 Å². The number of nitrogens with zero attached hydrogens (tertiary/aromatic N) is 1. The molecule has 0 fully saturated rings. The van der Waals surface area contributed by atoms with Gasteiger partial charge in [0.15, 0.2) is 0 Å². The molecule has 1 N–H and O–H groups in total. The Balaban J connectivity index is 2.79. The van der Waals surface area contributed by atoms with E-state index in [2.05, 4.69) is 10.3 Å². The van der Waals surface area contributed by atoms with Crippen LogP contribution in [0.4, 0.5) is 18.9 Å². The molecule has 0 aromatic carbocycles. The van der Waals surface area contributed by atoms with Crippen molar-refractivity contribution in [2.24, 2.45) is 0 Å². The summed E-state index contributed by atoms with van der Waals surface area (Å²) in [6.45, 7) is 1.81. The van der Waals surface area contributed by atoms with Crippen molar-refractivity contribution < 1.29 is 18.0 Å². The molecule has 0 bridgehead atoms. The van der Waals surface area contributed by atoms with Gasteiger partial charge in [0.1, 0.15) is 5.69 Å². The fourth-order valence-electron chi connectivity index (χ4n) is 1.11. The van der Waals surface area contributed by atoms with Crippen LogP contribution in [-0.4, -0.2) is 10.9 Å². The number of halogens is 3. The second-order valence-corrected chi connectivity index (χ2v) is 3.23. The zero-order chi connectivity index (χ0) is 12.2. The monoisotopic (exact) mass is 232 g/mol. The fraction of sp³-hybridized carbons (Fsp3) is 0.400. The number of alkyl halides is 3. The maximum atomic E-state index is 12.3. The van der Waals surface area contributed by atoms with Crippen molar-refractivity contribution in [1.29, 1.82) is 0 Å². The Morgan fingerprint density at radius 2 is 2.19 bits per heavy atom. The molecule has 6 heteroatoms. The van der Waals surface area contributed by atoms with Gasteiger partial charge in [-0.15, -0.1) is 0 Å². The van der Waals surface area contributed by atoms with Gasteiger partial charge in [-0.3, -0.25) is 9.78 Å². The third-order valence-corrected chi connectivity index (χ3v) is 1.81. The van der Waals surface area contributed by atoms with E-state index in [0.29, 0.717) is 6.42 Å². The quantitative estimate of drug-likeness (QED) is 0.870. The van der Waals surface area contributed by atoms with E-state index in [1.165, 1.54) is 6.07 Å². The average Bonchev–Trinajstić information content (AvgIpc) is 2.17. The summed E-state index contributed by atoms with van der Waals surface area (Å²) in [5.74, 6) is -0.304. The molecule has 1 amide bonds. The van der Waals surface area contributed by atoms with Gasteiger partial charge in [0.2, 0.25) is 5.91 Å². The molecule has 88 valence electrons. The van der Waals surface area contributed by atoms with E-state index in [1.807, 2.05) is 6.92 Å². The first-order chi connectivity index (χ1) is 7.43. The van der Waals surface area contributed by atoms with Crippen molar-refractivity contribution in [3.63, 3.8) is 0 Å². The van der Waals surface area contributed by atoms with Crippen LogP contribution in [0.25, 0.3) is 0 Å². The van der Waals surface area contributed by atoms with E-state index in [4.69, 9.17) is 0 Å². The van der Waals surface area contributed by atoms with E-state index in [9.17, 15) is 18.0 Å². The molecule has 0 aliphatic rings. The third-order valence-electron chi connectivity index (χ3n) is 1.81. The first-order valence-corrected chi connectivity index (χ1v) is 4.76. The molecule has 0 aliphatic heterocycles. The molecular formula is C10H11F3N2O. The van der Waals surface area contributed by atoms with Crippen LogP contribution in [0.15, 0.2) is 18.3 Å². The lowest BCUT2D eigenvalue weighted by Crippen LogP contribution is -2.13. The van der Waals surface area contributed by atoms with Crippen molar-refractivity contribution in [3.8, 4) is 0 Å². The van der Waals surface area contributed by atoms with Gasteiger partial charge in [0, 0.05) is 18.3 Å². The van der Waals surface area contributed by atoms with Crippen LogP contribution >= 0.6 is 0 Å². The lowest BCUT2D eigenvalue weighted by molar-refractivity contribution is -0.141. The molecule has 0 saturated carbocycles. The van der Waals surface area contributed by atoms with Gasteiger partial charge in [0.25, 0.3) is 0 Å². The molecule has 1 aromatic heterocycles. The molecular weight excluding hydrogens is 221 g/mol. The third kappa shape index (κ3) is 3.52. The topological polar surface area (TPSA) is 42.0 Å². The standard InChI is InChI=1S/C10H11F3N2O/c1-2-3-9(16)15-7-4-5-14-8(6-7)10(11,12)13/h4-6H,2-3H2,1H3,(H,14,15,16). The molecule has 0 aliphatic carbocycles. The predicted octanol–water partition coefficient (Wildman–Crippen LogP) is 2.84. The molecule has 0 unspecified atom stereocenters. The number of carbonyl (C=O) groups is 1. The number of anilines is 1. The van der Waals surface area contributed by atoms with Crippen LogP contribution in [-0.2, 0) is 11.0 Å². The van der Waals surface area contributed by atoms with Crippen LogP contribution in [0.2, 0.25) is 0 Å². The van der Waals surface area contributed by atoms with Gasteiger partial charge in [-0.1, -0.05) is 6.92 Å². The van der Waals surface area contributed by atoms with Crippen LogP contribution in [0.5, 0.6) is 0 Å². The maximum absolute atomic E-state index is 12.3. The number of rotatable bonds is 3. The highest BCUT2D eigenvalue weighted by atomic mass is 19.4. The number of amides is 1. The molecule has 0 radical (unpaired) electrons. The largest absolute Gasteiger partial charge is 0.433 e. The van der Waals surface area contributed by atoms with Gasteiger partial charge in [0.05, 0.1) is 0 Å². The van der Waals surface area contributed by atoms with Gasteiger partial charge in [-0.05, 0) is 18.6 Å². The molecule has 0 spiro atoms. The smallest absolute Gasteiger partial charge is 0.326 e. The summed E-state index contributed by atoms with van der Waals surface area (Å²) in [5, 5.41) is 2.38. The van der Waals surface area contributed by atoms with Gasteiger partial charge in [-0.25, -0.2) is 0 Å². The lowest BCUT2D eigenvalue weighted by atomic mass is 10.3. The minimum Gasteiger partial charge on any atom is -0.326 e. The number of nitrogens with one attached hydrogen (secondary N) is 1. The summed E-state index contributed by atoms with van der Waals surface area (Å²) in [4.78, 5) is 14.3. The van der Waals surface area contributed by atoms with Gasteiger partial charge < -0.3 is 5.32 Å². The highest BCUT2D eigenvalue weighted by molar-refractivity contribution is 5.90. The van der Waals surface area contributed by atoms with E-state index < -0.39 is 11.9 Å². The Hall–Kier alpha value is -1.59. The summed E-state index contributed by atoms with van der Waals surface area (Å²) in [6.07, 6.45) is -2.55. The second kappa shape index (κ2) is 4.96. The second-order valence-electron chi connectivity index (χ2n) is 3.23. The highest BCUT2D eigenvalue weighted by Gasteiger charge is 2.32. The van der Waals surface area contributed by atoms with Crippen LogP contribution in [0.3, 0.4) is 0 Å². The zero-order valence-electron chi connectivity index (χ0n) is 8.64. The lowest BCUT2D eigenvalue weighted by Gasteiger charge is -2.08. The van der Waals surface area contributed by atoms with E-state index >= 15 is 0 Å². The van der Waals surface area contributed by atoms with Crippen molar-refractivity contribution in [2.75, 3.05) is 5.32 Å². The summed E-state index contributed by atoms with van der Waals surface area (Å²) >= 11 is 0. The summed E-state index contributed by atoms with van der Waals surface area (Å²) in [7, 11) is 0. The first kappa shape index (κ1) is 12.5. The van der Waals surface area contributed by atoms with E-state index in [0.717, 1.165) is 12.3 Å². The van der Waals surface area contributed by atoms with Crippen molar-refractivity contribution in [3.05, 3.63) is 24.0 Å². The zero-order valence-corrected chi connectivity index (χ0v) is 8.64. The Bertz CT molecular complexity index is 377. The van der Waals surface area contributed by atoms with Gasteiger partial charge in [-0.2, -0.15) is 13.2 Å². The maximum Gasteiger partial charge on any atom is 0.433 e. The number of aromatic nitrogens is 1. The van der Waals surface area contributed by atoms with Gasteiger partial charge >= 0.3 is 6.18 Å². The molecule has 1 rings (SSSR count). The average molecular weight is 232 g/mol. The Kier molecular flexibility index (Phi) is 3.87. The highest BCUT2D eigenvalue weighted by Crippen LogP contribution is 2.28. The summed E-state index contributed by atoms with van der Waals surface area (Å²) in [6, 6.07) is 2.14. The normalized spacial score (nSPS) is 11.2. The van der Waals surface area contributed by atoms with Crippen LogP contribution in [0.1, 0.15) is 25.5 Å². The van der Waals surface area contributed by atoms with Crippen LogP contribution in [0, 0.1) is 0 Å². The summed E-state index contributed by atoms with van der Waals surface area (Å²) in [5.41, 5.74) is -0.900. The fourth-order valence-corrected chi connectivity index (χ4v) is 1.11. The number of hydrogen-bond donors (Lipinski definition) is 1. The molecule has 1 aromatic rings.